The Labute approximate surface area is 226 Å². The molecule has 5 rings (SSSR count). The second-order valence-corrected chi connectivity index (χ2v) is 10.1. The van der Waals surface area contributed by atoms with Gasteiger partial charge in [0.1, 0.15) is 11.9 Å². The maximum atomic E-state index is 12.3. The molecule has 4 heterocycles. The predicted molar refractivity (Wildman–Crippen MR) is 151 cm³/mol. The van der Waals surface area contributed by atoms with Crippen molar-refractivity contribution in [1.29, 1.82) is 0 Å². The highest BCUT2D eigenvalue weighted by Gasteiger charge is 2.42. The predicted octanol–water partition coefficient (Wildman–Crippen LogP) is 6.00. The Morgan fingerprint density at radius 1 is 1.11 bits per heavy atom. The van der Waals surface area contributed by atoms with Crippen molar-refractivity contribution in [2.45, 2.75) is 32.9 Å². The zero-order chi connectivity index (χ0) is 26.1. The van der Waals surface area contributed by atoms with E-state index in [-0.39, 0.29) is 23.9 Å². The molecule has 2 atom stereocenters. The number of amides is 1. The second kappa shape index (κ2) is 10.3. The fourth-order valence-electron chi connectivity index (χ4n) is 4.50. The Morgan fingerprint density at radius 2 is 1.95 bits per heavy atom. The molecule has 0 radical (unpaired) electrons. The van der Waals surface area contributed by atoms with Gasteiger partial charge in [-0.15, -0.1) is 0 Å². The van der Waals surface area contributed by atoms with Crippen LogP contribution in [0.5, 0.6) is 0 Å². The Bertz CT molecular complexity index is 1440. The normalized spacial score (nSPS) is 17.2. The number of carbonyl (C=O) groups is 1. The average Bonchev–Trinajstić information content (AvgIpc) is 3.50. The van der Waals surface area contributed by atoms with Gasteiger partial charge in [0.15, 0.2) is 5.11 Å². The van der Waals surface area contributed by atoms with E-state index in [0.29, 0.717) is 10.1 Å². The lowest BCUT2D eigenvalue weighted by molar-refractivity contribution is -0.118. The molecule has 7 nitrogen and oxygen atoms in total. The Hall–Kier alpha value is -3.75. The topological polar surface area (TPSA) is 75.1 Å². The maximum absolute atomic E-state index is 12.3. The first-order valence-electron chi connectivity index (χ1n) is 12.0. The van der Waals surface area contributed by atoms with Gasteiger partial charge in [0, 0.05) is 41.6 Å². The number of aromatic nitrogens is 3. The number of benzene rings is 1. The minimum Gasteiger partial charge on any atom is -0.351 e. The van der Waals surface area contributed by atoms with Gasteiger partial charge in [0.25, 0.3) is 0 Å². The van der Waals surface area contributed by atoms with Crippen LogP contribution in [0, 0.1) is 12.8 Å². The molecule has 3 aromatic heterocycles. The zero-order valence-electron chi connectivity index (χ0n) is 20.7. The summed E-state index contributed by atoms with van der Waals surface area (Å²) in [5, 5.41) is 7.68. The number of hydrogen-bond donors (Lipinski definition) is 2. The van der Waals surface area contributed by atoms with Crippen LogP contribution in [0.1, 0.15) is 42.9 Å². The Morgan fingerprint density at radius 3 is 2.62 bits per heavy atom. The van der Waals surface area contributed by atoms with Crippen LogP contribution in [0.2, 0.25) is 5.02 Å². The number of aryl methyl sites for hydroxylation is 1. The molecule has 1 aliphatic rings. The monoisotopic (exact) mass is 530 g/mol. The van der Waals surface area contributed by atoms with Gasteiger partial charge in [-0.3, -0.25) is 9.78 Å². The van der Waals surface area contributed by atoms with Gasteiger partial charge in [0.2, 0.25) is 5.91 Å². The molecule has 1 amide bonds. The highest BCUT2D eigenvalue weighted by atomic mass is 35.5. The number of nitrogens with zero attached hydrogens (tertiary/aromatic N) is 4. The molecule has 1 aromatic carbocycles. The van der Waals surface area contributed by atoms with E-state index in [0.717, 1.165) is 34.1 Å². The van der Waals surface area contributed by atoms with E-state index in [4.69, 9.17) is 23.8 Å². The van der Waals surface area contributed by atoms with Gasteiger partial charge in [-0.05, 0) is 79.3 Å². The summed E-state index contributed by atoms with van der Waals surface area (Å²) in [6, 6.07) is 19.2. The molecule has 188 valence electrons. The van der Waals surface area contributed by atoms with Crippen LogP contribution in [-0.2, 0) is 4.79 Å². The molecule has 0 aliphatic carbocycles. The van der Waals surface area contributed by atoms with E-state index in [2.05, 4.69) is 31.6 Å². The summed E-state index contributed by atoms with van der Waals surface area (Å²) in [6.07, 6.45) is 5.41. The van der Waals surface area contributed by atoms with Gasteiger partial charge in [-0.25, -0.2) is 4.98 Å². The number of nitrogens with one attached hydrogen (secondary N) is 2. The van der Waals surface area contributed by atoms with Crippen molar-refractivity contribution in [2.24, 2.45) is 5.92 Å². The van der Waals surface area contributed by atoms with Crippen molar-refractivity contribution in [3.63, 3.8) is 0 Å². The highest BCUT2D eigenvalue weighted by Crippen LogP contribution is 2.42. The number of rotatable bonds is 6. The number of anilines is 2. The van der Waals surface area contributed by atoms with Crippen LogP contribution in [0.3, 0.4) is 0 Å². The summed E-state index contributed by atoms with van der Waals surface area (Å²) in [6.45, 7) is 5.73. The molecule has 0 saturated carbocycles. The van der Waals surface area contributed by atoms with Gasteiger partial charge in [-0.1, -0.05) is 31.5 Å². The summed E-state index contributed by atoms with van der Waals surface area (Å²) in [7, 11) is 0. The third kappa shape index (κ3) is 4.95. The molecule has 4 aromatic rings. The first-order valence-corrected chi connectivity index (χ1v) is 12.8. The summed E-state index contributed by atoms with van der Waals surface area (Å²) < 4.78 is 2.05. The van der Waals surface area contributed by atoms with E-state index < -0.39 is 0 Å². The van der Waals surface area contributed by atoms with E-state index in [1.807, 2.05) is 86.1 Å². The van der Waals surface area contributed by atoms with Crippen LogP contribution in [-0.4, -0.2) is 25.6 Å². The van der Waals surface area contributed by atoms with Crippen LogP contribution >= 0.6 is 23.8 Å². The van der Waals surface area contributed by atoms with Crippen LogP contribution in [0.4, 0.5) is 11.4 Å². The lowest BCUT2D eigenvalue weighted by Crippen LogP contribution is -2.30. The summed E-state index contributed by atoms with van der Waals surface area (Å²) >= 11 is 12.0. The molecular formula is C28H27ClN6OS. The van der Waals surface area contributed by atoms with Crippen LogP contribution in [0.15, 0.2) is 79.3 Å². The van der Waals surface area contributed by atoms with Crippen molar-refractivity contribution in [2.75, 3.05) is 10.2 Å². The molecule has 2 unspecified atom stereocenters. The second-order valence-electron chi connectivity index (χ2n) is 9.28. The molecule has 0 spiro atoms. The Kier molecular flexibility index (Phi) is 6.95. The fraction of sp³-hybridized carbons (Fsp3) is 0.214. The van der Waals surface area contributed by atoms with E-state index in [1.54, 1.807) is 12.4 Å². The van der Waals surface area contributed by atoms with E-state index >= 15 is 0 Å². The first kappa shape index (κ1) is 24.9. The van der Waals surface area contributed by atoms with Crippen LogP contribution in [0.25, 0.3) is 5.82 Å². The highest BCUT2D eigenvalue weighted by molar-refractivity contribution is 7.80. The van der Waals surface area contributed by atoms with Crippen molar-refractivity contribution in [3.05, 3.63) is 101 Å². The van der Waals surface area contributed by atoms with Gasteiger partial charge in [-0.2, -0.15) is 0 Å². The summed E-state index contributed by atoms with van der Waals surface area (Å²) in [5.41, 5.74) is 4.52. The van der Waals surface area contributed by atoms with Gasteiger partial charge < -0.3 is 20.1 Å². The van der Waals surface area contributed by atoms with Gasteiger partial charge >= 0.3 is 0 Å². The maximum Gasteiger partial charge on any atom is 0.226 e. The largest absolute Gasteiger partial charge is 0.351 e. The first-order chi connectivity index (χ1) is 17.8. The quantitative estimate of drug-likeness (QED) is 0.298. The molecule has 37 heavy (non-hydrogen) atoms. The molecule has 1 saturated heterocycles. The van der Waals surface area contributed by atoms with Crippen molar-refractivity contribution >= 4 is 46.2 Å². The third-order valence-electron chi connectivity index (χ3n) is 6.41. The van der Waals surface area contributed by atoms with Crippen molar-refractivity contribution < 1.29 is 4.79 Å². The van der Waals surface area contributed by atoms with Gasteiger partial charge in [0.05, 0.1) is 16.8 Å². The molecular weight excluding hydrogens is 504 g/mol. The fourth-order valence-corrected chi connectivity index (χ4v) is 4.96. The standard InChI is InChI=1S/C28H27ClN6OS/c1-17(2)27(36)32-21-11-10-20(15-18(21)3)35-26(25(33-28(35)37)22-7-4-5-13-30-22)23-8-6-14-34(23)24-12-9-19(29)16-31-24/h4-17,25-26H,1-3H3,(H,32,36)(H,33,37). The number of hydrogen-bond acceptors (Lipinski definition) is 4. The lowest BCUT2D eigenvalue weighted by Gasteiger charge is -2.29. The van der Waals surface area contributed by atoms with E-state index in [1.165, 1.54) is 0 Å². The van der Waals surface area contributed by atoms with Crippen molar-refractivity contribution in [3.8, 4) is 5.82 Å². The average molecular weight is 531 g/mol. The molecule has 0 bridgehead atoms. The number of pyridine rings is 2. The molecule has 1 fully saturated rings. The Balaban J connectivity index is 1.59. The number of halogens is 1. The third-order valence-corrected chi connectivity index (χ3v) is 6.95. The zero-order valence-corrected chi connectivity index (χ0v) is 22.3. The molecule has 2 N–H and O–H groups in total. The molecule has 9 heteroatoms. The van der Waals surface area contributed by atoms with Crippen LogP contribution < -0.4 is 15.5 Å². The van der Waals surface area contributed by atoms with E-state index in [9.17, 15) is 4.79 Å². The van der Waals surface area contributed by atoms with Crippen molar-refractivity contribution in [1.82, 2.24) is 19.9 Å². The minimum atomic E-state index is -0.217. The minimum absolute atomic E-state index is 0.0180. The smallest absolute Gasteiger partial charge is 0.226 e. The molecule has 1 aliphatic heterocycles. The summed E-state index contributed by atoms with van der Waals surface area (Å²) in [5.74, 6) is 0.632. The lowest BCUT2D eigenvalue weighted by atomic mass is 10.0. The SMILES string of the molecule is Cc1cc(N2C(=S)NC(c3ccccn3)C2c2cccn2-c2ccc(Cl)cn2)ccc1NC(=O)C(C)C. The number of carbonyl (C=O) groups excluding carboxylic acids is 1. The summed E-state index contributed by atoms with van der Waals surface area (Å²) in [4.78, 5) is 23.6. The number of thiocarbonyl (C=S) groups is 1.